The first-order chi connectivity index (χ1) is 18.9. The number of nitrogens with one attached hydrogen (secondary N) is 1. The van der Waals surface area contributed by atoms with E-state index in [1.807, 2.05) is 55.5 Å². The number of aryl methyl sites for hydroxylation is 1. The highest BCUT2D eigenvalue weighted by molar-refractivity contribution is 8.01. The van der Waals surface area contributed by atoms with E-state index in [1.165, 1.54) is 0 Å². The second kappa shape index (κ2) is 14.5. The molecule has 1 fully saturated rings. The van der Waals surface area contributed by atoms with Crippen LogP contribution in [0.1, 0.15) is 72.6 Å². The average Bonchev–Trinajstić information content (AvgIpc) is 3.36. The van der Waals surface area contributed by atoms with Crippen molar-refractivity contribution in [2.45, 2.75) is 74.9 Å². The zero-order valence-electron chi connectivity index (χ0n) is 21.7. The van der Waals surface area contributed by atoms with Crippen molar-refractivity contribution in [2.24, 2.45) is 0 Å². The standard InChI is InChI=1S/C28H33N3O6S2/c1-18-30-31-28(39-18)38-17-23-15-24(20-12-10-19(16-32)11-13-20)37-27(36-23)21-6-5-7-22(14-21)29-25(33)8-3-2-4-9-26(34)35/h5-7,10-14,23-24,27,32H,2-4,8-9,15-17H2,1H3,(H,29,33)(H,34,35)/t23-,24+,27+/m1/s1. The van der Waals surface area contributed by atoms with E-state index < -0.39 is 12.3 Å². The van der Waals surface area contributed by atoms with Crippen LogP contribution in [0.4, 0.5) is 5.69 Å². The number of carbonyl (C=O) groups is 2. The van der Waals surface area contributed by atoms with Crippen LogP contribution >= 0.6 is 23.1 Å². The number of carbonyl (C=O) groups excluding carboxylic acids is 1. The van der Waals surface area contributed by atoms with Gasteiger partial charge in [0.1, 0.15) is 5.01 Å². The maximum Gasteiger partial charge on any atom is 0.303 e. The molecular weight excluding hydrogens is 538 g/mol. The number of aliphatic hydroxyl groups excluding tert-OH is 1. The first kappa shape index (κ1) is 29.2. The van der Waals surface area contributed by atoms with Crippen molar-refractivity contribution in [3.8, 4) is 0 Å². The van der Waals surface area contributed by atoms with Crippen LogP contribution in [0, 0.1) is 6.92 Å². The molecule has 1 saturated heterocycles. The Morgan fingerprint density at radius 2 is 1.85 bits per heavy atom. The number of ether oxygens (including phenoxy) is 2. The number of thioether (sulfide) groups is 1. The molecular formula is C28H33N3O6S2. The summed E-state index contributed by atoms with van der Waals surface area (Å²) in [5, 5.41) is 30.3. The minimum atomic E-state index is -0.816. The predicted molar refractivity (Wildman–Crippen MR) is 150 cm³/mol. The number of hydrogen-bond donors (Lipinski definition) is 3. The number of aliphatic carboxylic acids is 1. The smallest absolute Gasteiger partial charge is 0.303 e. The zero-order valence-corrected chi connectivity index (χ0v) is 23.4. The topological polar surface area (TPSA) is 131 Å². The quantitative estimate of drug-likeness (QED) is 0.176. The number of aliphatic hydroxyl groups is 1. The summed E-state index contributed by atoms with van der Waals surface area (Å²) in [6.07, 6.45) is 2.07. The third-order valence-electron chi connectivity index (χ3n) is 6.25. The second-order valence-electron chi connectivity index (χ2n) is 9.38. The number of nitrogens with zero attached hydrogens (tertiary/aromatic N) is 2. The molecule has 0 aliphatic carbocycles. The lowest BCUT2D eigenvalue weighted by Crippen LogP contribution is -2.31. The number of benzene rings is 2. The molecule has 0 bridgehead atoms. The summed E-state index contributed by atoms with van der Waals surface area (Å²) in [5.41, 5.74) is 3.30. The summed E-state index contributed by atoms with van der Waals surface area (Å²) in [6.45, 7) is 1.92. The zero-order chi connectivity index (χ0) is 27.6. The Hall–Kier alpha value is -2.83. The molecule has 39 heavy (non-hydrogen) atoms. The molecule has 2 heterocycles. The van der Waals surface area contributed by atoms with E-state index in [2.05, 4.69) is 15.5 Å². The molecule has 4 rings (SSSR count). The van der Waals surface area contributed by atoms with Gasteiger partial charge in [-0.05, 0) is 43.0 Å². The average molecular weight is 572 g/mol. The lowest BCUT2D eigenvalue weighted by Gasteiger charge is -2.36. The van der Waals surface area contributed by atoms with Crippen LogP contribution in [0.2, 0.25) is 0 Å². The minimum Gasteiger partial charge on any atom is -0.481 e. The van der Waals surface area contributed by atoms with Crippen molar-refractivity contribution in [3.05, 3.63) is 70.2 Å². The fraction of sp³-hybridized carbons (Fsp3) is 0.429. The number of anilines is 1. The molecule has 11 heteroatoms. The first-order valence-electron chi connectivity index (χ1n) is 12.9. The summed E-state index contributed by atoms with van der Waals surface area (Å²) in [7, 11) is 0. The van der Waals surface area contributed by atoms with Crippen LogP contribution < -0.4 is 5.32 Å². The Kier molecular flexibility index (Phi) is 10.9. The summed E-state index contributed by atoms with van der Waals surface area (Å²) in [4.78, 5) is 23.1. The van der Waals surface area contributed by atoms with Gasteiger partial charge >= 0.3 is 5.97 Å². The summed E-state index contributed by atoms with van der Waals surface area (Å²) in [5.74, 6) is -0.238. The lowest BCUT2D eigenvalue weighted by atomic mass is 10.0. The maximum absolute atomic E-state index is 12.4. The van der Waals surface area contributed by atoms with E-state index in [4.69, 9.17) is 14.6 Å². The van der Waals surface area contributed by atoms with Gasteiger partial charge in [0.25, 0.3) is 0 Å². The molecule has 1 amide bonds. The van der Waals surface area contributed by atoms with E-state index >= 15 is 0 Å². The molecule has 1 aromatic heterocycles. The monoisotopic (exact) mass is 571 g/mol. The largest absolute Gasteiger partial charge is 0.481 e. The van der Waals surface area contributed by atoms with E-state index in [9.17, 15) is 14.7 Å². The van der Waals surface area contributed by atoms with E-state index in [1.54, 1.807) is 23.1 Å². The van der Waals surface area contributed by atoms with Crippen molar-refractivity contribution >= 4 is 40.7 Å². The highest BCUT2D eigenvalue weighted by Crippen LogP contribution is 2.40. The SMILES string of the molecule is Cc1nnc(SC[C@H]2C[C@@H](c3ccc(CO)cc3)O[C@@H](c3cccc(NC(=O)CCCCCC(=O)O)c3)O2)s1. The van der Waals surface area contributed by atoms with Gasteiger partial charge in [-0.3, -0.25) is 9.59 Å². The highest BCUT2D eigenvalue weighted by Gasteiger charge is 2.32. The summed E-state index contributed by atoms with van der Waals surface area (Å²) < 4.78 is 13.7. The molecule has 3 atom stereocenters. The van der Waals surface area contributed by atoms with E-state index in [-0.39, 0.29) is 31.1 Å². The number of unbranched alkanes of at least 4 members (excludes halogenated alkanes) is 2. The molecule has 0 saturated carbocycles. The van der Waals surface area contributed by atoms with Gasteiger partial charge in [0.05, 0.1) is 18.8 Å². The molecule has 208 valence electrons. The predicted octanol–water partition coefficient (Wildman–Crippen LogP) is 5.65. The Morgan fingerprint density at radius 3 is 2.56 bits per heavy atom. The van der Waals surface area contributed by atoms with Crippen LogP contribution in [-0.4, -0.2) is 44.1 Å². The van der Waals surface area contributed by atoms with Gasteiger partial charge in [0.15, 0.2) is 10.6 Å². The third-order valence-corrected chi connectivity index (χ3v) is 8.36. The number of carboxylic acid groups (broad SMARTS) is 1. The van der Waals surface area contributed by atoms with E-state index in [0.717, 1.165) is 26.0 Å². The van der Waals surface area contributed by atoms with Crippen molar-refractivity contribution in [2.75, 3.05) is 11.1 Å². The number of aromatic nitrogens is 2. The summed E-state index contributed by atoms with van der Waals surface area (Å²) in [6, 6.07) is 15.2. The molecule has 1 aliphatic heterocycles. The maximum atomic E-state index is 12.4. The molecule has 0 spiro atoms. The van der Waals surface area contributed by atoms with Crippen LogP contribution in [0.5, 0.6) is 0 Å². The van der Waals surface area contributed by atoms with Gasteiger partial charge in [-0.25, -0.2) is 0 Å². The molecule has 2 aromatic carbocycles. The number of hydrogen-bond acceptors (Lipinski definition) is 9. The van der Waals surface area contributed by atoms with Crippen molar-refractivity contribution in [1.29, 1.82) is 0 Å². The van der Waals surface area contributed by atoms with Gasteiger partial charge in [0, 0.05) is 36.3 Å². The van der Waals surface area contributed by atoms with Gasteiger partial charge in [-0.2, -0.15) is 0 Å². The Balaban J connectivity index is 1.42. The van der Waals surface area contributed by atoms with Crippen LogP contribution in [0.25, 0.3) is 0 Å². The molecule has 9 nitrogen and oxygen atoms in total. The van der Waals surface area contributed by atoms with Crippen LogP contribution in [-0.2, 0) is 25.7 Å². The second-order valence-corrected chi connectivity index (χ2v) is 11.8. The first-order valence-corrected chi connectivity index (χ1v) is 14.7. The summed E-state index contributed by atoms with van der Waals surface area (Å²) >= 11 is 3.17. The van der Waals surface area contributed by atoms with Crippen molar-refractivity contribution in [1.82, 2.24) is 10.2 Å². The lowest BCUT2D eigenvalue weighted by molar-refractivity contribution is -0.245. The fourth-order valence-corrected chi connectivity index (χ4v) is 6.11. The van der Waals surface area contributed by atoms with Crippen molar-refractivity contribution < 1.29 is 29.3 Å². The van der Waals surface area contributed by atoms with Gasteiger partial charge in [-0.15, -0.1) is 10.2 Å². The Morgan fingerprint density at radius 1 is 1.05 bits per heavy atom. The molecule has 3 aromatic rings. The molecule has 3 N–H and O–H groups in total. The highest BCUT2D eigenvalue weighted by atomic mass is 32.2. The third kappa shape index (κ3) is 9.11. The van der Waals surface area contributed by atoms with Gasteiger partial charge in [0.2, 0.25) is 5.91 Å². The van der Waals surface area contributed by atoms with E-state index in [0.29, 0.717) is 43.5 Å². The number of rotatable bonds is 13. The Bertz CT molecular complexity index is 1240. The minimum absolute atomic E-state index is 0.0150. The molecule has 0 unspecified atom stereocenters. The van der Waals surface area contributed by atoms with Gasteiger partial charge in [-0.1, -0.05) is 65.9 Å². The van der Waals surface area contributed by atoms with Crippen molar-refractivity contribution in [3.63, 3.8) is 0 Å². The fourth-order valence-electron chi connectivity index (χ4n) is 4.25. The Labute approximate surface area is 236 Å². The van der Waals surface area contributed by atoms with Crippen LogP contribution in [0.15, 0.2) is 52.9 Å². The number of amides is 1. The molecule has 1 aliphatic rings. The molecule has 0 radical (unpaired) electrons. The number of carboxylic acids is 1. The van der Waals surface area contributed by atoms with Crippen LogP contribution in [0.3, 0.4) is 0 Å². The van der Waals surface area contributed by atoms with Gasteiger partial charge < -0.3 is 25.0 Å². The normalized spacial score (nSPS) is 19.1.